The number of aromatic nitrogens is 2. The van der Waals surface area contributed by atoms with Gasteiger partial charge in [0.25, 0.3) is 0 Å². The van der Waals surface area contributed by atoms with Crippen LogP contribution in [-0.4, -0.2) is 8.33 Å². The minimum atomic E-state index is -0.945. The Hall–Kier alpha value is -4.52. The molecule has 0 fully saturated rings. The van der Waals surface area contributed by atoms with Crippen LogP contribution in [0.3, 0.4) is 0 Å². The van der Waals surface area contributed by atoms with Crippen LogP contribution in [0.4, 0.5) is 0 Å². The molecule has 7 rings (SSSR count). The van der Waals surface area contributed by atoms with Crippen molar-refractivity contribution in [3.05, 3.63) is 140 Å². The number of rotatable bonds is 5. The van der Waals surface area contributed by atoms with E-state index in [9.17, 15) is 0 Å². The summed E-state index contributed by atoms with van der Waals surface area (Å²) >= 11 is 0. The van der Waals surface area contributed by atoms with Gasteiger partial charge in [0.05, 0.1) is 30.1 Å². The van der Waals surface area contributed by atoms with Gasteiger partial charge in [-0.2, -0.15) is 0 Å². The van der Waals surface area contributed by atoms with Crippen molar-refractivity contribution < 1.29 is 0 Å². The van der Waals surface area contributed by atoms with Crippen molar-refractivity contribution >= 4 is 41.9 Å². The SMILES string of the molecule is C=Cc1cc2c3cc4ccccc4n3p(-c3cc(-c4ccccc4)cc(-c4ccccc4)c3)n2c1C=C. The Bertz CT molecular complexity index is 1890. The second kappa shape index (κ2) is 8.55. The van der Waals surface area contributed by atoms with Crippen molar-refractivity contribution in [2.45, 2.75) is 0 Å². The number of para-hydroxylation sites is 1. The summed E-state index contributed by atoms with van der Waals surface area (Å²) < 4.78 is 5.03. The van der Waals surface area contributed by atoms with Crippen LogP contribution in [0, 0.1) is 0 Å². The first-order valence-electron chi connectivity index (χ1n) is 12.4. The summed E-state index contributed by atoms with van der Waals surface area (Å²) in [6.45, 7) is 8.29. The van der Waals surface area contributed by atoms with E-state index in [1.54, 1.807) is 0 Å². The van der Waals surface area contributed by atoms with Gasteiger partial charge >= 0.3 is 0 Å². The van der Waals surface area contributed by atoms with Crippen LogP contribution in [0.25, 0.3) is 61.6 Å². The molecule has 2 nitrogen and oxygen atoms in total. The average molecular weight is 493 g/mol. The van der Waals surface area contributed by atoms with E-state index < -0.39 is 7.85 Å². The van der Waals surface area contributed by atoms with E-state index in [4.69, 9.17) is 0 Å². The molecule has 0 aliphatic carbocycles. The van der Waals surface area contributed by atoms with E-state index in [0.717, 1.165) is 11.3 Å². The maximum Gasteiger partial charge on any atom is 0.0757 e. The van der Waals surface area contributed by atoms with Crippen molar-refractivity contribution in [2.24, 2.45) is 0 Å². The van der Waals surface area contributed by atoms with Crippen molar-refractivity contribution in [3.8, 4) is 27.6 Å². The molecule has 1 unspecified atom stereocenters. The third-order valence-corrected chi connectivity index (χ3v) is 9.49. The van der Waals surface area contributed by atoms with E-state index in [1.807, 2.05) is 12.2 Å². The standard InChI is InChI=1S/C34H25N2P/c1-3-24-22-33-34-23-27-17-11-12-18-32(27)36(34)37(35(33)31(24)4-2)30-20-28(25-13-7-5-8-14-25)19-29(21-30)26-15-9-6-10-16-26/h3-23H,1-2H2. The van der Waals surface area contributed by atoms with Crippen LogP contribution in [0.1, 0.15) is 11.3 Å². The summed E-state index contributed by atoms with van der Waals surface area (Å²) in [5, 5.41) is 2.56. The fourth-order valence-electron chi connectivity index (χ4n) is 5.46. The van der Waals surface area contributed by atoms with E-state index in [0.29, 0.717) is 0 Å². The summed E-state index contributed by atoms with van der Waals surface area (Å²) in [5.41, 5.74) is 10.9. The predicted octanol–water partition coefficient (Wildman–Crippen LogP) is 9.94. The molecule has 0 saturated heterocycles. The third-order valence-electron chi connectivity index (χ3n) is 7.15. The highest BCUT2D eigenvalue weighted by Crippen LogP contribution is 2.49. The second-order valence-electron chi connectivity index (χ2n) is 9.28. The van der Waals surface area contributed by atoms with Crippen LogP contribution in [0.2, 0.25) is 0 Å². The predicted molar refractivity (Wildman–Crippen MR) is 161 cm³/mol. The number of fused-ring (bicyclic) bond motifs is 5. The molecule has 0 aliphatic rings. The lowest BCUT2D eigenvalue weighted by atomic mass is 9.99. The van der Waals surface area contributed by atoms with Crippen molar-refractivity contribution in [3.63, 3.8) is 0 Å². The minimum Gasteiger partial charge on any atom is -0.281 e. The van der Waals surface area contributed by atoms with Gasteiger partial charge in [-0.1, -0.05) is 98.1 Å². The van der Waals surface area contributed by atoms with Crippen molar-refractivity contribution in [1.29, 1.82) is 0 Å². The summed E-state index contributed by atoms with van der Waals surface area (Å²) in [4.78, 5) is 0. The van der Waals surface area contributed by atoms with Gasteiger partial charge < -0.3 is 0 Å². The monoisotopic (exact) mass is 492 g/mol. The quantitative estimate of drug-likeness (QED) is 0.226. The van der Waals surface area contributed by atoms with Gasteiger partial charge in [0.1, 0.15) is 0 Å². The lowest BCUT2D eigenvalue weighted by molar-refractivity contribution is 1.34. The molecule has 0 N–H and O–H groups in total. The highest BCUT2D eigenvalue weighted by molar-refractivity contribution is 7.51. The molecule has 3 heteroatoms. The van der Waals surface area contributed by atoms with Crippen LogP contribution >= 0.6 is 7.85 Å². The number of benzene rings is 4. The van der Waals surface area contributed by atoms with Gasteiger partial charge in [-0.25, -0.2) is 0 Å². The van der Waals surface area contributed by atoms with E-state index in [-0.39, 0.29) is 0 Å². The molecular formula is C34H25N2P. The van der Waals surface area contributed by atoms with Gasteiger partial charge in [-0.05, 0) is 64.7 Å². The molecule has 176 valence electrons. The second-order valence-corrected chi connectivity index (χ2v) is 11.2. The topological polar surface area (TPSA) is 8.82 Å². The minimum absolute atomic E-state index is 0.945. The Kier molecular flexibility index (Phi) is 5.02. The van der Waals surface area contributed by atoms with E-state index in [2.05, 4.69) is 137 Å². The largest absolute Gasteiger partial charge is 0.281 e. The Morgan fingerprint density at radius 3 is 1.73 bits per heavy atom. The van der Waals surface area contributed by atoms with Gasteiger partial charge in [0.15, 0.2) is 0 Å². The molecule has 0 saturated carbocycles. The maximum atomic E-state index is 4.19. The first-order chi connectivity index (χ1) is 18.3. The molecule has 4 aromatic carbocycles. The molecule has 0 radical (unpaired) electrons. The summed E-state index contributed by atoms with van der Waals surface area (Å²) in [6.07, 6.45) is 3.92. The van der Waals surface area contributed by atoms with Crippen LogP contribution in [0.15, 0.2) is 128 Å². The van der Waals surface area contributed by atoms with E-state index >= 15 is 0 Å². The lowest BCUT2D eigenvalue weighted by Crippen LogP contribution is -1.89. The van der Waals surface area contributed by atoms with Gasteiger partial charge in [-0.3, -0.25) is 8.33 Å². The van der Waals surface area contributed by atoms with Crippen molar-refractivity contribution in [2.75, 3.05) is 0 Å². The molecule has 3 aromatic heterocycles. The Balaban J connectivity index is 1.65. The molecule has 7 aromatic rings. The first kappa shape index (κ1) is 21.7. The Morgan fingerprint density at radius 1 is 0.514 bits per heavy atom. The summed E-state index contributed by atoms with van der Waals surface area (Å²) in [6, 6.07) is 41.7. The molecule has 37 heavy (non-hydrogen) atoms. The Morgan fingerprint density at radius 2 is 1.11 bits per heavy atom. The highest BCUT2D eigenvalue weighted by Gasteiger charge is 2.21. The zero-order chi connectivity index (χ0) is 24.9. The third kappa shape index (κ3) is 3.34. The molecular weight excluding hydrogens is 467 g/mol. The van der Waals surface area contributed by atoms with Crippen LogP contribution < -0.4 is 0 Å². The van der Waals surface area contributed by atoms with Crippen LogP contribution in [-0.2, 0) is 0 Å². The number of nitrogens with zero attached hydrogens (tertiary/aromatic N) is 2. The molecule has 0 aliphatic heterocycles. The molecule has 0 amide bonds. The normalized spacial score (nSPS) is 11.9. The molecule has 0 bridgehead atoms. The summed E-state index contributed by atoms with van der Waals surface area (Å²) in [7, 11) is -0.945. The smallest absolute Gasteiger partial charge is 0.0757 e. The fraction of sp³-hybridized carbons (Fsp3) is 0. The number of hydrogen-bond acceptors (Lipinski definition) is 0. The van der Waals surface area contributed by atoms with Crippen molar-refractivity contribution in [1.82, 2.24) is 8.33 Å². The average Bonchev–Trinajstić information content (AvgIpc) is 3.61. The van der Waals surface area contributed by atoms with Crippen LogP contribution in [0.5, 0.6) is 0 Å². The molecule has 0 spiro atoms. The van der Waals surface area contributed by atoms with E-state index in [1.165, 1.54) is 49.5 Å². The Labute approximate surface area is 217 Å². The van der Waals surface area contributed by atoms with Gasteiger partial charge in [-0.15, -0.1) is 0 Å². The van der Waals surface area contributed by atoms with Gasteiger partial charge in [0.2, 0.25) is 0 Å². The molecule has 1 atom stereocenters. The zero-order valence-electron chi connectivity index (χ0n) is 20.4. The first-order valence-corrected chi connectivity index (χ1v) is 13.7. The lowest BCUT2D eigenvalue weighted by Gasteiger charge is -2.13. The van der Waals surface area contributed by atoms with Gasteiger partial charge in [0, 0.05) is 16.3 Å². The highest BCUT2D eigenvalue weighted by atomic mass is 31.1. The molecule has 3 heterocycles. The maximum absolute atomic E-state index is 4.19. The summed E-state index contributed by atoms with van der Waals surface area (Å²) in [5.74, 6) is 0. The number of hydrogen-bond donors (Lipinski definition) is 0. The zero-order valence-corrected chi connectivity index (χ0v) is 21.3. The fourth-order valence-corrected chi connectivity index (χ4v) is 8.12.